The van der Waals surface area contributed by atoms with Gasteiger partial charge in [0.05, 0.1) is 6.54 Å². The molecule has 3 aromatic rings. The Labute approximate surface area is 107 Å². The van der Waals surface area contributed by atoms with Gasteiger partial charge in [0.25, 0.3) is 0 Å². The molecule has 98 valence electrons. The van der Waals surface area contributed by atoms with Gasteiger partial charge < -0.3 is 8.98 Å². The summed E-state index contributed by atoms with van der Waals surface area (Å²) in [6.45, 7) is 0.281. The van der Waals surface area contributed by atoms with Crippen LogP contribution in [0, 0.1) is 0 Å². The fourth-order valence-electron chi connectivity index (χ4n) is 2.06. The quantitative estimate of drug-likeness (QED) is 0.675. The van der Waals surface area contributed by atoms with Crippen LogP contribution in [0.5, 0.6) is 0 Å². The Morgan fingerprint density at radius 1 is 1.00 bits per heavy atom. The van der Waals surface area contributed by atoms with E-state index in [1.807, 2.05) is 41.1 Å². The van der Waals surface area contributed by atoms with Crippen LogP contribution in [0.2, 0.25) is 0 Å². The van der Waals surface area contributed by atoms with Crippen LogP contribution in [0.4, 0.5) is 13.2 Å². The highest BCUT2D eigenvalue weighted by Crippen LogP contribution is 2.31. The van der Waals surface area contributed by atoms with Crippen molar-refractivity contribution in [2.75, 3.05) is 0 Å². The zero-order valence-electron chi connectivity index (χ0n) is 9.82. The molecule has 0 saturated heterocycles. The van der Waals surface area contributed by atoms with E-state index in [0.717, 1.165) is 17.0 Å². The zero-order chi connectivity index (χ0) is 13.5. The van der Waals surface area contributed by atoms with Crippen LogP contribution in [-0.2, 0) is 12.7 Å². The van der Waals surface area contributed by atoms with E-state index in [1.165, 1.54) is 6.07 Å². The van der Waals surface area contributed by atoms with E-state index in [9.17, 15) is 13.2 Å². The average Bonchev–Trinajstić information content (AvgIpc) is 2.97. The van der Waals surface area contributed by atoms with Crippen molar-refractivity contribution in [1.29, 1.82) is 0 Å². The first-order valence-electron chi connectivity index (χ1n) is 5.74. The maximum Gasteiger partial charge on any atom is 0.449 e. The molecule has 0 unspecified atom stereocenters. The van der Waals surface area contributed by atoms with Gasteiger partial charge >= 0.3 is 6.18 Å². The Morgan fingerprint density at radius 2 is 1.79 bits per heavy atom. The van der Waals surface area contributed by atoms with E-state index < -0.39 is 11.9 Å². The van der Waals surface area contributed by atoms with Crippen molar-refractivity contribution in [3.63, 3.8) is 0 Å². The standard InChI is InChI=1S/C14H10F3NO/c15-14(16,17)13-6-5-11(19-13)9-18-8-7-10-3-1-2-4-12(10)18/h1-8H,9H2. The maximum atomic E-state index is 12.4. The van der Waals surface area contributed by atoms with Crippen LogP contribution >= 0.6 is 0 Å². The Bertz CT molecular complexity index is 709. The number of rotatable bonds is 2. The van der Waals surface area contributed by atoms with Gasteiger partial charge in [-0.2, -0.15) is 13.2 Å². The number of fused-ring (bicyclic) bond motifs is 1. The SMILES string of the molecule is FC(F)(F)c1ccc(Cn2ccc3ccccc32)o1. The molecule has 0 aliphatic carbocycles. The number of halogens is 3. The van der Waals surface area contributed by atoms with E-state index in [4.69, 9.17) is 4.42 Å². The molecule has 0 aliphatic heterocycles. The molecule has 0 fully saturated rings. The van der Waals surface area contributed by atoms with Crippen LogP contribution in [0.15, 0.2) is 53.1 Å². The molecule has 0 amide bonds. The van der Waals surface area contributed by atoms with Gasteiger partial charge in [0.1, 0.15) is 5.76 Å². The highest BCUT2D eigenvalue weighted by molar-refractivity contribution is 5.79. The predicted octanol–water partition coefficient (Wildman–Crippen LogP) is 4.30. The first-order chi connectivity index (χ1) is 9.04. The summed E-state index contributed by atoms with van der Waals surface area (Å²) in [5.74, 6) is -0.673. The second-order valence-electron chi connectivity index (χ2n) is 4.27. The lowest BCUT2D eigenvalue weighted by Crippen LogP contribution is -2.02. The molecule has 2 aromatic heterocycles. The molecule has 0 bridgehead atoms. The van der Waals surface area contributed by atoms with Crippen molar-refractivity contribution < 1.29 is 17.6 Å². The van der Waals surface area contributed by atoms with Crippen molar-refractivity contribution in [3.8, 4) is 0 Å². The molecule has 2 heterocycles. The van der Waals surface area contributed by atoms with Crippen LogP contribution in [0.25, 0.3) is 10.9 Å². The lowest BCUT2D eigenvalue weighted by atomic mass is 10.2. The molecule has 2 nitrogen and oxygen atoms in total. The molecule has 0 saturated carbocycles. The van der Waals surface area contributed by atoms with Gasteiger partial charge in [0.15, 0.2) is 0 Å². The van der Waals surface area contributed by atoms with Crippen molar-refractivity contribution in [1.82, 2.24) is 4.57 Å². The zero-order valence-corrected chi connectivity index (χ0v) is 9.82. The molecule has 0 atom stereocenters. The third kappa shape index (κ3) is 2.23. The summed E-state index contributed by atoms with van der Waals surface area (Å²) in [6, 6.07) is 11.9. The normalized spacial score (nSPS) is 12.2. The molecule has 0 radical (unpaired) electrons. The molecule has 5 heteroatoms. The van der Waals surface area contributed by atoms with E-state index in [0.29, 0.717) is 0 Å². The summed E-state index contributed by atoms with van der Waals surface area (Å²) in [6.07, 6.45) is -2.60. The van der Waals surface area contributed by atoms with Gasteiger partial charge in [-0.25, -0.2) is 0 Å². The molecule has 0 N–H and O–H groups in total. The van der Waals surface area contributed by atoms with E-state index in [2.05, 4.69) is 0 Å². The Morgan fingerprint density at radius 3 is 2.53 bits per heavy atom. The van der Waals surface area contributed by atoms with E-state index in [1.54, 1.807) is 0 Å². The third-order valence-corrected chi connectivity index (χ3v) is 2.95. The molecular weight excluding hydrogens is 255 g/mol. The van der Waals surface area contributed by atoms with Gasteiger partial charge in [0.2, 0.25) is 5.76 Å². The van der Waals surface area contributed by atoms with Crippen LogP contribution in [0.3, 0.4) is 0 Å². The number of alkyl halides is 3. The second-order valence-corrected chi connectivity index (χ2v) is 4.27. The Kier molecular flexibility index (Phi) is 2.62. The van der Waals surface area contributed by atoms with Crippen LogP contribution in [0.1, 0.15) is 11.5 Å². The minimum absolute atomic E-state index is 0.281. The molecule has 19 heavy (non-hydrogen) atoms. The van der Waals surface area contributed by atoms with Crippen molar-refractivity contribution in [2.45, 2.75) is 12.7 Å². The molecule has 0 aliphatic rings. The minimum Gasteiger partial charge on any atom is -0.455 e. The number of furan rings is 1. The van der Waals surface area contributed by atoms with Crippen LogP contribution < -0.4 is 0 Å². The molecular formula is C14H10F3NO. The summed E-state index contributed by atoms with van der Waals surface area (Å²) < 4.78 is 44.0. The average molecular weight is 265 g/mol. The monoisotopic (exact) mass is 265 g/mol. The highest BCUT2D eigenvalue weighted by Gasteiger charge is 2.34. The summed E-state index contributed by atoms with van der Waals surface area (Å²) in [5, 5.41) is 1.05. The first-order valence-corrected chi connectivity index (χ1v) is 5.74. The summed E-state index contributed by atoms with van der Waals surface area (Å²) >= 11 is 0. The molecule has 0 spiro atoms. The van der Waals surface area contributed by atoms with Gasteiger partial charge in [-0.15, -0.1) is 0 Å². The number of benzene rings is 1. The Hall–Kier alpha value is -2.17. The van der Waals surface area contributed by atoms with Crippen molar-refractivity contribution >= 4 is 10.9 Å². The van der Waals surface area contributed by atoms with Crippen molar-refractivity contribution in [3.05, 3.63) is 60.2 Å². The van der Waals surface area contributed by atoms with E-state index >= 15 is 0 Å². The summed E-state index contributed by atoms with van der Waals surface area (Å²) in [5.41, 5.74) is 0.965. The first kappa shape index (κ1) is 11.9. The second kappa shape index (κ2) is 4.19. The van der Waals surface area contributed by atoms with Crippen LogP contribution in [-0.4, -0.2) is 4.57 Å². The maximum absolute atomic E-state index is 12.4. The number of hydrogen-bond acceptors (Lipinski definition) is 1. The molecule has 3 rings (SSSR count). The van der Waals surface area contributed by atoms with Crippen molar-refractivity contribution in [2.24, 2.45) is 0 Å². The number of nitrogens with zero attached hydrogens (tertiary/aromatic N) is 1. The fourth-order valence-corrected chi connectivity index (χ4v) is 2.06. The smallest absolute Gasteiger partial charge is 0.449 e. The number of hydrogen-bond donors (Lipinski definition) is 0. The van der Waals surface area contributed by atoms with Gasteiger partial charge in [-0.3, -0.25) is 0 Å². The number of aromatic nitrogens is 1. The molecule has 1 aromatic carbocycles. The topological polar surface area (TPSA) is 18.1 Å². The van der Waals surface area contributed by atoms with Gasteiger partial charge in [0, 0.05) is 11.7 Å². The van der Waals surface area contributed by atoms with Gasteiger partial charge in [-0.1, -0.05) is 18.2 Å². The summed E-state index contributed by atoms with van der Waals surface area (Å²) in [7, 11) is 0. The highest BCUT2D eigenvalue weighted by atomic mass is 19.4. The fraction of sp³-hybridized carbons (Fsp3) is 0.143. The third-order valence-electron chi connectivity index (χ3n) is 2.95. The Balaban J connectivity index is 1.91. The summed E-state index contributed by atoms with van der Waals surface area (Å²) in [4.78, 5) is 0. The largest absolute Gasteiger partial charge is 0.455 e. The van der Waals surface area contributed by atoms with E-state index in [-0.39, 0.29) is 12.3 Å². The van der Waals surface area contributed by atoms with Gasteiger partial charge in [-0.05, 0) is 29.7 Å². The predicted molar refractivity (Wildman–Crippen MR) is 64.8 cm³/mol. The number of para-hydroxylation sites is 1. The lowest BCUT2D eigenvalue weighted by molar-refractivity contribution is -0.153. The minimum atomic E-state index is -4.43. The lowest BCUT2D eigenvalue weighted by Gasteiger charge is -2.04.